The van der Waals surface area contributed by atoms with Crippen LogP contribution in [0.3, 0.4) is 0 Å². The Balaban J connectivity index is 2.05. The fourth-order valence-electron chi connectivity index (χ4n) is 2.17. The number of rotatable bonds is 5. The highest BCUT2D eigenvalue weighted by atomic mass is 16.5. The Kier molecular flexibility index (Phi) is 4.36. The SMILES string of the molecule is CCNc1nc(C)cc(N(C)CC2CCCO2)n1. The van der Waals surface area contributed by atoms with Gasteiger partial charge in [0, 0.05) is 38.5 Å². The second kappa shape index (κ2) is 6.00. The van der Waals surface area contributed by atoms with Gasteiger partial charge >= 0.3 is 0 Å². The highest BCUT2D eigenvalue weighted by Crippen LogP contribution is 2.18. The third-order valence-electron chi connectivity index (χ3n) is 3.07. The molecule has 1 aromatic rings. The molecule has 18 heavy (non-hydrogen) atoms. The van der Waals surface area contributed by atoms with Gasteiger partial charge in [-0.25, -0.2) is 4.98 Å². The van der Waals surface area contributed by atoms with Crippen molar-refractivity contribution in [3.63, 3.8) is 0 Å². The topological polar surface area (TPSA) is 50.3 Å². The predicted octanol–water partition coefficient (Wildman–Crippen LogP) is 1.83. The number of nitrogens with zero attached hydrogens (tertiary/aromatic N) is 3. The molecule has 0 amide bonds. The van der Waals surface area contributed by atoms with Crippen LogP contribution in [0.25, 0.3) is 0 Å². The van der Waals surface area contributed by atoms with E-state index in [9.17, 15) is 0 Å². The minimum atomic E-state index is 0.341. The predicted molar refractivity (Wildman–Crippen MR) is 73.2 cm³/mol. The molecule has 0 spiro atoms. The first-order valence-corrected chi connectivity index (χ1v) is 6.61. The maximum Gasteiger partial charge on any atom is 0.224 e. The van der Waals surface area contributed by atoms with Crippen LogP contribution in [0.1, 0.15) is 25.5 Å². The summed E-state index contributed by atoms with van der Waals surface area (Å²) >= 11 is 0. The first kappa shape index (κ1) is 13.1. The molecule has 1 unspecified atom stereocenters. The Labute approximate surface area is 109 Å². The lowest BCUT2D eigenvalue weighted by atomic mass is 10.2. The van der Waals surface area contributed by atoms with Crippen LogP contribution < -0.4 is 10.2 Å². The van der Waals surface area contributed by atoms with E-state index in [1.54, 1.807) is 0 Å². The summed E-state index contributed by atoms with van der Waals surface area (Å²) in [5, 5.41) is 3.16. The number of nitrogens with one attached hydrogen (secondary N) is 1. The number of hydrogen-bond donors (Lipinski definition) is 1. The lowest BCUT2D eigenvalue weighted by molar-refractivity contribution is 0.116. The Bertz CT molecular complexity index is 391. The highest BCUT2D eigenvalue weighted by molar-refractivity contribution is 5.44. The third kappa shape index (κ3) is 3.32. The van der Waals surface area contributed by atoms with Crippen LogP contribution in [-0.2, 0) is 4.74 Å². The standard InChI is InChI=1S/C13H22N4O/c1-4-14-13-15-10(2)8-12(16-13)17(3)9-11-6-5-7-18-11/h8,11H,4-7,9H2,1-3H3,(H,14,15,16). The second-order valence-electron chi connectivity index (χ2n) is 4.74. The summed E-state index contributed by atoms with van der Waals surface area (Å²) in [5.41, 5.74) is 0.982. The van der Waals surface area contributed by atoms with E-state index in [-0.39, 0.29) is 0 Å². The first-order valence-electron chi connectivity index (χ1n) is 6.61. The minimum Gasteiger partial charge on any atom is -0.376 e. The molecule has 0 radical (unpaired) electrons. The van der Waals surface area contributed by atoms with Crippen molar-refractivity contribution in [1.29, 1.82) is 0 Å². The number of likely N-dealkylation sites (N-methyl/N-ethyl adjacent to an activating group) is 1. The van der Waals surface area contributed by atoms with Gasteiger partial charge in [-0.2, -0.15) is 4.98 Å². The molecule has 1 N–H and O–H groups in total. The molecule has 1 aliphatic heterocycles. The molecule has 2 heterocycles. The average molecular weight is 250 g/mol. The monoisotopic (exact) mass is 250 g/mol. The minimum absolute atomic E-state index is 0.341. The van der Waals surface area contributed by atoms with Gasteiger partial charge in [0.05, 0.1) is 6.10 Å². The fraction of sp³-hybridized carbons (Fsp3) is 0.692. The van der Waals surface area contributed by atoms with Crippen molar-refractivity contribution in [2.24, 2.45) is 0 Å². The number of aromatic nitrogens is 2. The second-order valence-corrected chi connectivity index (χ2v) is 4.74. The summed E-state index contributed by atoms with van der Waals surface area (Å²) in [4.78, 5) is 11.0. The Morgan fingerprint density at radius 2 is 2.33 bits per heavy atom. The van der Waals surface area contributed by atoms with E-state index in [1.807, 2.05) is 19.9 Å². The molecule has 1 atom stereocenters. The summed E-state index contributed by atoms with van der Waals surface area (Å²) in [6.07, 6.45) is 2.66. The summed E-state index contributed by atoms with van der Waals surface area (Å²) in [6, 6.07) is 2.01. The number of ether oxygens (including phenoxy) is 1. The van der Waals surface area contributed by atoms with Gasteiger partial charge in [-0.15, -0.1) is 0 Å². The molecule has 0 aliphatic carbocycles. The molecule has 5 nitrogen and oxygen atoms in total. The van der Waals surface area contributed by atoms with Gasteiger partial charge in [-0.05, 0) is 26.7 Å². The lowest BCUT2D eigenvalue weighted by Crippen LogP contribution is -2.29. The third-order valence-corrected chi connectivity index (χ3v) is 3.07. The van der Waals surface area contributed by atoms with Crippen LogP contribution in [-0.4, -0.2) is 42.8 Å². The quantitative estimate of drug-likeness (QED) is 0.864. The van der Waals surface area contributed by atoms with Gasteiger partial charge in [0.25, 0.3) is 0 Å². The normalized spacial score (nSPS) is 18.9. The maximum atomic E-state index is 5.65. The van der Waals surface area contributed by atoms with Crippen molar-refractivity contribution in [3.8, 4) is 0 Å². The van der Waals surface area contributed by atoms with Gasteiger partial charge in [0.15, 0.2) is 0 Å². The van der Waals surface area contributed by atoms with Crippen molar-refractivity contribution in [3.05, 3.63) is 11.8 Å². The zero-order valence-electron chi connectivity index (χ0n) is 11.4. The molecule has 1 aliphatic rings. The zero-order chi connectivity index (χ0) is 13.0. The van der Waals surface area contributed by atoms with Crippen LogP contribution in [0, 0.1) is 6.92 Å². The molecular formula is C13H22N4O. The zero-order valence-corrected chi connectivity index (χ0v) is 11.4. The fourth-order valence-corrected chi connectivity index (χ4v) is 2.17. The number of hydrogen-bond acceptors (Lipinski definition) is 5. The van der Waals surface area contributed by atoms with Gasteiger partial charge in [-0.1, -0.05) is 0 Å². The lowest BCUT2D eigenvalue weighted by Gasteiger charge is -2.22. The molecule has 0 bridgehead atoms. The Morgan fingerprint density at radius 1 is 1.50 bits per heavy atom. The maximum absolute atomic E-state index is 5.65. The van der Waals surface area contributed by atoms with Crippen LogP contribution in [0.5, 0.6) is 0 Å². The van der Waals surface area contributed by atoms with E-state index >= 15 is 0 Å². The largest absolute Gasteiger partial charge is 0.376 e. The summed E-state index contributed by atoms with van der Waals surface area (Å²) in [6.45, 7) is 6.65. The summed E-state index contributed by atoms with van der Waals surface area (Å²) < 4.78 is 5.65. The first-order chi connectivity index (χ1) is 8.69. The molecule has 2 rings (SSSR count). The average Bonchev–Trinajstić information content (AvgIpc) is 2.81. The smallest absolute Gasteiger partial charge is 0.224 e. The van der Waals surface area contributed by atoms with Crippen LogP contribution in [0.2, 0.25) is 0 Å². The molecule has 1 aromatic heterocycles. The van der Waals surface area contributed by atoms with Gasteiger partial charge < -0.3 is 15.0 Å². The van der Waals surface area contributed by atoms with Crippen LogP contribution in [0.15, 0.2) is 6.07 Å². The summed E-state index contributed by atoms with van der Waals surface area (Å²) in [5.74, 6) is 1.65. The van der Waals surface area contributed by atoms with Gasteiger partial charge in [0.2, 0.25) is 5.95 Å². The van der Waals surface area contributed by atoms with Crippen molar-refractivity contribution in [2.45, 2.75) is 32.8 Å². The molecular weight excluding hydrogens is 228 g/mol. The summed E-state index contributed by atoms with van der Waals surface area (Å²) in [7, 11) is 2.05. The number of anilines is 2. The van der Waals surface area contributed by atoms with Crippen LogP contribution >= 0.6 is 0 Å². The van der Waals surface area contributed by atoms with E-state index in [0.29, 0.717) is 12.1 Å². The molecule has 5 heteroatoms. The van der Waals surface area contributed by atoms with Crippen molar-refractivity contribution in [2.75, 3.05) is 37.0 Å². The van der Waals surface area contributed by atoms with E-state index in [4.69, 9.17) is 4.74 Å². The number of aryl methyl sites for hydroxylation is 1. The van der Waals surface area contributed by atoms with E-state index in [2.05, 4.69) is 27.2 Å². The Morgan fingerprint density at radius 3 is 3.00 bits per heavy atom. The van der Waals surface area contributed by atoms with E-state index < -0.39 is 0 Å². The van der Waals surface area contributed by atoms with Gasteiger partial charge in [0.1, 0.15) is 5.82 Å². The molecule has 100 valence electrons. The molecule has 1 saturated heterocycles. The van der Waals surface area contributed by atoms with Gasteiger partial charge in [-0.3, -0.25) is 0 Å². The van der Waals surface area contributed by atoms with Crippen molar-refractivity contribution < 1.29 is 4.74 Å². The van der Waals surface area contributed by atoms with E-state index in [0.717, 1.165) is 37.6 Å². The van der Waals surface area contributed by atoms with Crippen molar-refractivity contribution in [1.82, 2.24) is 9.97 Å². The highest BCUT2D eigenvalue weighted by Gasteiger charge is 2.18. The molecule has 1 fully saturated rings. The van der Waals surface area contributed by atoms with Crippen molar-refractivity contribution >= 4 is 11.8 Å². The molecule has 0 aromatic carbocycles. The van der Waals surface area contributed by atoms with E-state index in [1.165, 1.54) is 6.42 Å². The molecule has 0 saturated carbocycles. The Hall–Kier alpha value is -1.36. The van der Waals surface area contributed by atoms with Crippen LogP contribution in [0.4, 0.5) is 11.8 Å².